The minimum absolute atomic E-state index is 0.0379. The van der Waals surface area contributed by atoms with Crippen molar-refractivity contribution >= 4 is 15.7 Å². The first-order valence-electron chi connectivity index (χ1n) is 5.98. The molecule has 1 saturated carbocycles. The number of nitrogens with zero attached hydrogens (tertiary/aromatic N) is 1. The van der Waals surface area contributed by atoms with E-state index in [0.29, 0.717) is 11.3 Å². The SMILES string of the molecule is Nc1ccc(CS(=O)(=O)N(CCO)C2CC2)cc1. The van der Waals surface area contributed by atoms with E-state index in [-0.39, 0.29) is 24.9 Å². The zero-order chi connectivity index (χ0) is 13.2. The van der Waals surface area contributed by atoms with Crippen molar-refractivity contribution in [2.45, 2.75) is 24.6 Å². The number of nitrogen functional groups attached to an aromatic ring is 1. The van der Waals surface area contributed by atoms with Crippen LogP contribution in [-0.2, 0) is 15.8 Å². The van der Waals surface area contributed by atoms with Gasteiger partial charge in [0.1, 0.15) is 0 Å². The summed E-state index contributed by atoms with van der Waals surface area (Å²) in [6.45, 7) is 0.0411. The molecule has 1 aliphatic carbocycles. The van der Waals surface area contributed by atoms with Crippen molar-refractivity contribution in [3.63, 3.8) is 0 Å². The van der Waals surface area contributed by atoms with E-state index in [4.69, 9.17) is 10.8 Å². The van der Waals surface area contributed by atoms with Crippen LogP contribution in [0.25, 0.3) is 0 Å². The van der Waals surface area contributed by atoms with Crippen molar-refractivity contribution in [3.8, 4) is 0 Å². The normalized spacial score (nSPS) is 16.1. The van der Waals surface area contributed by atoms with Crippen LogP contribution >= 0.6 is 0 Å². The molecule has 5 nitrogen and oxygen atoms in total. The Bertz CT molecular complexity index is 495. The molecule has 3 N–H and O–H groups in total. The molecule has 1 aliphatic rings. The standard InChI is InChI=1S/C12H18N2O3S/c13-11-3-1-10(2-4-11)9-18(16,17)14(7-8-15)12-5-6-12/h1-4,12,15H,5-9,13H2. The molecule has 100 valence electrons. The van der Waals surface area contributed by atoms with E-state index in [1.807, 2.05) is 0 Å². The molecule has 1 aromatic rings. The number of sulfonamides is 1. The molecular formula is C12H18N2O3S. The number of anilines is 1. The zero-order valence-corrected chi connectivity index (χ0v) is 10.9. The predicted molar refractivity (Wildman–Crippen MR) is 70.3 cm³/mol. The lowest BCUT2D eigenvalue weighted by atomic mass is 10.2. The fourth-order valence-corrected chi connectivity index (χ4v) is 3.72. The van der Waals surface area contributed by atoms with Gasteiger partial charge in [0.15, 0.2) is 0 Å². The van der Waals surface area contributed by atoms with Gasteiger partial charge in [-0.25, -0.2) is 8.42 Å². The van der Waals surface area contributed by atoms with Gasteiger partial charge in [0.25, 0.3) is 0 Å². The van der Waals surface area contributed by atoms with Gasteiger partial charge in [-0.15, -0.1) is 0 Å². The highest BCUT2D eigenvalue weighted by molar-refractivity contribution is 7.88. The first kappa shape index (κ1) is 13.3. The van der Waals surface area contributed by atoms with Crippen LogP contribution in [-0.4, -0.2) is 37.0 Å². The fraction of sp³-hybridized carbons (Fsp3) is 0.500. The lowest BCUT2D eigenvalue weighted by molar-refractivity contribution is 0.250. The van der Waals surface area contributed by atoms with Crippen molar-refractivity contribution < 1.29 is 13.5 Å². The first-order chi connectivity index (χ1) is 8.53. The molecule has 0 unspecified atom stereocenters. The Labute approximate surface area is 107 Å². The van der Waals surface area contributed by atoms with Crippen LogP contribution in [0.15, 0.2) is 24.3 Å². The molecule has 0 spiro atoms. The van der Waals surface area contributed by atoms with Crippen LogP contribution in [0.5, 0.6) is 0 Å². The van der Waals surface area contributed by atoms with Gasteiger partial charge in [0.2, 0.25) is 10.0 Å². The molecule has 0 atom stereocenters. The van der Waals surface area contributed by atoms with Crippen LogP contribution in [0.3, 0.4) is 0 Å². The van der Waals surface area contributed by atoms with E-state index in [1.165, 1.54) is 4.31 Å². The summed E-state index contributed by atoms with van der Waals surface area (Å²) in [4.78, 5) is 0. The number of rotatable bonds is 6. The molecule has 0 radical (unpaired) electrons. The van der Waals surface area contributed by atoms with Crippen LogP contribution in [0.4, 0.5) is 5.69 Å². The van der Waals surface area contributed by atoms with E-state index in [9.17, 15) is 8.42 Å². The van der Waals surface area contributed by atoms with E-state index in [1.54, 1.807) is 24.3 Å². The second kappa shape index (κ2) is 5.26. The Kier molecular flexibility index (Phi) is 3.89. The molecule has 0 heterocycles. The minimum Gasteiger partial charge on any atom is -0.399 e. The Hall–Kier alpha value is -1.11. The van der Waals surface area contributed by atoms with Gasteiger partial charge in [-0.05, 0) is 30.5 Å². The van der Waals surface area contributed by atoms with Crippen molar-refractivity contribution in [2.24, 2.45) is 0 Å². The number of benzene rings is 1. The molecule has 2 rings (SSSR count). The minimum atomic E-state index is -3.35. The highest BCUT2D eigenvalue weighted by Crippen LogP contribution is 2.30. The van der Waals surface area contributed by atoms with E-state index in [2.05, 4.69) is 0 Å². The number of hydrogen-bond acceptors (Lipinski definition) is 4. The molecule has 1 fully saturated rings. The Morgan fingerprint density at radius 2 is 1.89 bits per heavy atom. The summed E-state index contributed by atoms with van der Waals surface area (Å²) in [7, 11) is -3.35. The lowest BCUT2D eigenvalue weighted by Gasteiger charge is -2.20. The van der Waals surface area contributed by atoms with Gasteiger partial charge in [0, 0.05) is 18.3 Å². The predicted octanol–water partition coefficient (Wildman–Crippen LogP) is 0.555. The maximum atomic E-state index is 12.2. The molecular weight excluding hydrogens is 252 g/mol. The summed E-state index contributed by atoms with van der Waals surface area (Å²) in [5, 5.41) is 8.96. The van der Waals surface area contributed by atoms with Gasteiger partial charge in [0.05, 0.1) is 12.4 Å². The highest BCUT2D eigenvalue weighted by atomic mass is 32.2. The largest absolute Gasteiger partial charge is 0.399 e. The fourth-order valence-electron chi connectivity index (χ4n) is 1.92. The molecule has 6 heteroatoms. The Balaban J connectivity index is 2.12. The third kappa shape index (κ3) is 3.22. The van der Waals surface area contributed by atoms with Crippen molar-refractivity contribution in [2.75, 3.05) is 18.9 Å². The zero-order valence-electron chi connectivity index (χ0n) is 10.1. The Morgan fingerprint density at radius 1 is 1.28 bits per heavy atom. The Morgan fingerprint density at radius 3 is 2.39 bits per heavy atom. The first-order valence-corrected chi connectivity index (χ1v) is 7.58. The van der Waals surface area contributed by atoms with E-state index in [0.717, 1.165) is 12.8 Å². The maximum Gasteiger partial charge on any atom is 0.218 e. The molecule has 18 heavy (non-hydrogen) atoms. The molecule has 0 aromatic heterocycles. The average Bonchev–Trinajstić information content (AvgIpc) is 3.12. The van der Waals surface area contributed by atoms with Crippen molar-refractivity contribution in [1.82, 2.24) is 4.31 Å². The maximum absolute atomic E-state index is 12.2. The van der Waals surface area contributed by atoms with Gasteiger partial charge in [-0.2, -0.15) is 4.31 Å². The van der Waals surface area contributed by atoms with E-state index < -0.39 is 10.0 Å². The lowest BCUT2D eigenvalue weighted by Crippen LogP contribution is -2.36. The number of aliphatic hydroxyl groups is 1. The molecule has 0 amide bonds. The summed E-state index contributed by atoms with van der Waals surface area (Å²) in [6.07, 6.45) is 1.78. The molecule has 0 aliphatic heterocycles. The summed E-state index contributed by atoms with van der Waals surface area (Å²) in [6, 6.07) is 6.90. The number of hydrogen-bond donors (Lipinski definition) is 2. The average molecular weight is 270 g/mol. The molecule has 0 bridgehead atoms. The van der Waals surface area contributed by atoms with Gasteiger partial charge in [-0.1, -0.05) is 12.1 Å². The highest BCUT2D eigenvalue weighted by Gasteiger charge is 2.36. The second-order valence-electron chi connectivity index (χ2n) is 4.56. The van der Waals surface area contributed by atoms with Gasteiger partial charge < -0.3 is 10.8 Å². The summed E-state index contributed by atoms with van der Waals surface area (Å²) >= 11 is 0. The van der Waals surface area contributed by atoms with Gasteiger partial charge in [-0.3, -0.25) is 0 Å². The smallest absolute Gasteiger partial charge is 0.218 e. The van der Waals surface area contributed by atoms with Crippen LogP contribution < -0.4 is 5.73 Å². The summed E-state index contributed by atoms with van der Waals surface area (Å²) in [5.74, 6) is -0.0379. The van der Waals surface area contributed by atoms with Crippen LogP contribution in [0, 0.1) is 0 Å². The molecule has 1 aromatic carbocycles. The third-order valence-corrected chi connectivity index (χ3v) is 4.85. The summed E-state index contributed by atoms with van der Waals surface area (Å²) in [5.41, 5.74) is 6.90. The molecule has 0 saturated heterocycles. The van der Waals surface area contributed by atoms with Crippen molar-refractivity contribution in [3.05, 3.63) is 29.8 Å². The quantitative estimate of drug-likeness (QED) is 0.740. The topological polar surface area (TPSA) is 83.6 Å². The monoisotopic (exact) mass is 270 g/mol. The third-order valence-electron chi connectivity index (χ3n) is 2.96. The van der Waals surface area contributed by atoms with Crippen LogP contribution in [0.2, 0.25) is 0 Å². The summed E-state index contributed by atoms with van der Waals surface area (Å²) < 4.78 is 25.9. The van der Waals surface area contributed by atoms with Gasteiger partial charge >= 0.3 is 0 Å². The van der Waals surface area contributed by atoms with Crippen molar-refractivity contribution in [1.29, 1.82) is 0 Å². The second-order valence-corrected chi connectivity index (χ2v) is 6.48. The number of aliphatic hydroxyl groups excluding tert-OH is 1. The van der Waals surface area contributed by atoms with E-state index >= 15 is 0 Å². The number of nitrogens with two attached hydrogens (primary N) is 1. The van der Waals surface area contributed by atoms with Crippen LogP contribution in [0.1, 0.15) is 18.4 Å².